The molecule has 0 spiro atoms. The molecule has 0 atom stereocenters. The van der Waals surface area contributed by atoms with Crippen molar-refractivity contribution in [3.63, 3.8) is 0 Å². The van der Waals surface area contributed by atoms with E-state index in [0.717, 1.165) is 10.0 Å². The Bertz CT molecular complexity index is 3110. The van der Waals surface area contributed by atoms with Gasteiger partial charge in [-0.15, -0.1) is 0 Å². The van der Waals surface area contributed by atoms with Gasteiger partial charge in [-0.05, 0) is 136 Å². The maximum Gasteiger partial charge on any atom is 0.0487 e. The average molecular weight is 790 g/mol. The summed E-state index contributed by atoms with van der Waals surface area (Å²) >= 11 is 13.4. The Morgan fingerprint density at radius 3 is 1.31 bits per heavy atom. The van der Waals surface area contributed by atoms with Crippen molar-refractivity contribution in [3.8, 4) is 44.5 Å². The van der Waals surface area contributed by atoms with Gasteiger partial charge in [0.25, 0.3) is 0 Å². The minimum Gasteiger partial charge on any atom is -0.0837 e. The van der Waals surface area contributed by atoms with Crippen molar-refractivity contribution in [2.24, 2.45) is 0 Å². The summed E-state index contributed by atoms with van der Waals surface area (Å²) in [5.41, 5.74) is 21.4. The predicted octanol–water partition coefficient (Wildman–Crippen LogP) is 16.2. The van der Waals surface area contributed by atoms with Crippen LogP contribution >= 0.6 is 23.2 Å². The van der Waals surface area contributed by atoms with E-state index in [1.165, 1.54) is 111 Å². The van der Waals surface area contributed by atoms with Gasteiger partial charge in [0, 0.05) is 42.8 Å². The fraction of sp³-hybridized carbons (Fsp3) is 0.214. The second kappa shape index (κ2) is 11.7. The quantitative estimate of drug-likeness (QED) is 0.144. The highest BCUT2D eigenvalue weighted by atomic mass is 35.5. The molecule has 0 saturated heterocycles. The summed E-state index contributed by atoms with van der Waals surface area (Å²) in [6.07, 6.45) is 0. The first kappa shape index (κ1) is 36.0. The third-order valence-corrected chi connectivity index (χ3v) is 15.3. The molecule has 0 fully saturated rings. The van der Waals surface area contributed by atoms with Crippen LogP contribution in [0.3, 0.4) is 0 Å². The standard InChI is InChI=1S/2C28H23Cl/c1-27(2)20-11-6-9-16-8-5-10-17(25(16)20)18-14-23-19(15-22(18)27)26-21(28(23,3)4)12-7-13-24(26)29;1-27(2)20-10-7-11-24(29)26(20)19-15-22-18(14-23(19)27)25-17-9-6-5-8-16(17)12-13-21(25)28(22,3)4/h2*5-15H,1-4H3. The highest BCUT2D eigenvalue weighted by Gasteiger charge is 2.44. The largest absolute Gasteiger partial charge is 0.0837 e. The van der Waals surface area contributed by atoms with E-state index in [4.69, 9.17) is 23.2 Å². The number of fused-ring (bicyclic) bond motifs is 13. The Hall–Kier alpha value is -5.14. The van der Waals surface area contributed by atoms with Gasteiger partial charge in [0.05, 0.1) is 0 Å². The molecule has 0 aliphatic heterocycles. The smallest absolute Gasteiger partial charge is 0.0487 e. The van der Waals surface area contributed by atoms with Crippen LogP contribution in [0.25, 0.3) is 66.1 Å². The molecule has 0 heterocycles. The third kappa shape index (κ3) is 4.54. The van der Waals surface area contributed by atoms with E-state index < -0.39 is 0 Å². The molecular formula is C56H46Cl2. The van der Waals surface area contributed by atoms with Gasteiger partial charge >= 0.3 is 0 Å². The maximum atomic E-state index is 6.73. The van der Waals surface area contributed by atoms with Crippen molar-refractivity contribution in [3.05, 3.63) is 188 Å². The zero-order valence-corrected chi connectivity index (χ0v) is 36.0. The molecule has 8 aromatic rings. The van der Waals surface area contributed by atoms with Crippen molar-refractivity contribution < 1.29 is 0 Å². The summed E-state index contributed by atoms with van der Waals surface area (Å²) < 4.78 is 0. The fourth-order valence-corrected chi connectivity index (χ4v) is 12.1. The second-order valence-electron chi connectivity index (χ2n) is 19.1. The van der Waals surface area contributed by atoms with Crippen LogP contribution < -0.4 is 0 Å². The van der Waals surface area contributed by atoms with Crippen molar-refractivity contribution in [1.29, 1.82) is 0 Å². The molecule has 4 aliphatic carbocycles. The van der Waals surface area contributed by atoms with Crippen LogP contribution in [0.5, 0.6) is 0 Å². The van der Waals surface area contributed by atoms with Gasteiger partial charge in [-0.2, -0.15) is 0 Å². The molecule has 12 rings (SSSR count). The normalized spacial score (nSPS) is 17.0. The van der Waals surface area contributed by atoms with Gasteiger partial charge in [0.15, 0.2) is 0 Å². The molecular weight excluding hydrogens is 744 g/mol. The van der Waals surface area contributed by atoms with E-state index in [0.29, 0.717) is 0 Å². The van der Waals surface area contributed by atoms with Crippen LogP contribution in [-0.2, 0) is 21.7 Å². The summed E-state index contributed by atoms with van der Waals surface area (Å²) in [4.78, 5) is 0. The van der Waals surface area contributed by atoms with Crippen LogP contribution in [0, 0.1) is 0 Å². The zero-order valence-electron chi connectivity index (χ0n) is 34.5. The van der Waals surface area contributed by atoms with Crippen molar-refractivity contribution in [1.82, 2.24) is 0 Å². The van der Waals surface area contributed by atoms with Crippen LogP contribution in [0.15, 0.2) is 133 Å². The Labute approximate surface area is 352 Å². The Balaban J connectivity index is 0.000000133. The topological polar surface area (TPSA) is 0 Å². The minimum absolute atomic E-state index is 0.0299. The van der Waals surface area contributed by atoms with Crippen molar-refractivity contribution in [2.45, 2.75) is 77.0 Å². The lowest BCUT2D eigenvalue weighted by atomic mass is 9.67. The number of benzene rings is 8. The lowest BCUT2D eigenvalue weighted by Gasteiger charge is -2.36. The second-order valence-corrected chi connectivity index (χ2v) is 19.9. The highest BCUT2D eigenvalue weighted by molar-refractivity contribution is 6.34. The van der Waals surface area contributed by atoms with E-state index in [2.05, 4.69) is 177 Å². The van der Waals surface area contributed by atoms with Crippen LogP contribution in [0.2, 0.25) is 10.0 Å². The molecule has 0 bridgehead atoms. The predicted molar refractivity (Wildman–Crippen MR) is 248 cm³/mol. The molecule has 4 aliphatic rings. The molecule has 0 aromatic heterocycles. The van der Waals surface area contributed by atoms with Crippen LogP contribution in [-0.4, -0.2) is 0 Å². The molecule has 0 radical (unpaired) electrons. The highest BCUT2D eigenvalue weighted by Crippen LogP contribution is 2.59. The first-order chi connectivity index (χ1) is 27.6. The molecule has 0 saturated carbocycles. The fourth-order valence-electron chi connectivity index (χ4n) is 11.5. The summed E-state index contributed by atoms with van der Waals surface area (Å²) in [5.74, 6) is 0. The third-order valence-electron chi connectivity index (χ3n) is 14.7. The molecule has 58 heavy (non-hydrogen) atoms. The lowest BCUT2D eigenvalue weighted by Crippen LogP contribution is -2.24. The zero-order chi connectivity index (χ0) is 40.3. The summed E-state index contributed by atoms with van der Waals surface area (Å²) in [6, 6.07) is 49.2. The molecule has 0 unspecified atom stereocenters. The van der Waals surface area contributed by atoms with E-state index >= 15 is 0 Å². The molecule has 0 N–H and O–H groups in total. The summed E-state index contributed by atoms with van der Waals surface area (Å²) in [7, 11) is 0. The van der Waals surface area contributed by atoms with Crippen LogP contribution in [0.1, 0.15) is 99.9 Å². The van der Waals surface area contributed by atoms with Gasteiger partial charge in [0.2, 0.25) is 0 Å². The van der Waals surface area contributed by atoms with Crippen molar-refractivity contribution in [2.75, 3.05) is 0 Å². The Morgan fingerprint density at radius 2 is 0.724 bits per heavy atom. The van der Waals surface area contributed by atoms with Crippen molar-refractivity contribution >= 4 is 44.7 Å². The van der Waals surface area contributed by atoms with Gasteiger partial charge < -0.3 is 0 Å². The molecule has 0 amide bonds. The van der Waals surface area contributed by atoms with Gasteiger partial charge in [0.1, 0.15) is 0 Å². The van der Waals surface area contributed by atoms with Gasteiger partial charge in [-0.3, -0.25) is 0 Å². The van der Waals surface area contributed by atoms with E-state index in [9.17, 15) is 0 Å². The first-order valence-corrected chi connectivity index (χ1v) is 21.4. The monoisotopic (exact) mass is 788 g/mol. The molecule has 2 heteroatoms. The van der Waals surface area contributed by atoms with Gasteiger partial charge in [-0.25, -0.2) is 0 Å². The van der Waals surface area contributed by atoms with E-state index in [1.54, 1.807) is 0 Å². The Morgan fingerprint density at radius 1 is 0.310 bits per heavy atom. The Kier molecular flexibility index (Phi) is 7.29. The average Bonchev–Trinajstić information content (AvgIpc) is 3.69. The number of halogens is 2. The number of rotatable bonds is 0. The molecule has 0 nitrogen and oxygen atoms in total. The van der Waals surface area contributed by atoms with E-state index in [1.807, 2.05) is 12.1 Å². The van der Waals surface area contributed by atoms with Gasteiger partial charge in [-0.1, -0.05) is 176 Å². The lowest BCUT2D eigenvalue weighted by molar-refractivity contribution is 0.639. The molecule has 8 aromatic carbocycles. The first-order valence-electron chi connectivity index (χ1n) is 20.7. The SMILES string of the molecule is CC1(C)c2cc3c(cc2-c2c(Cl)cccc21)C(C)(C)c1ccc2ccccc2c1-3.CC1(C)c2cc3c(cc2-c2c(Cl)cccc21)C(C)(C)c1cccc2cccc-3c12. The van der Waals surface area contributed by atoms with Crippen LogP contribution in [0.4, 0.5) is 0 Å². The van der Waals surface area contributed by atoms with E-state index in [-0.39, 0.29) is 21.7 Å². The number of hydrogen-bond donors (Lipinski definition) is 0. The summed E-state index contributed by atoms with van der Waals surface area (Å²) in [5, 5.41) is 7.09. The number of hydrogen-bond acceptors (Lipinski definition) is 0. The minimum atomic E-state index is -0.0631. The summed E-state index contributed by atoms with van der Waals surface area (Å²) in [6.45, 7) is 18.7. The molecule has 284 valence electrons. The maximum absolute atomic E-state index is 6.73.